The summed E-state index contributed by atoms with van der Waals surface area (Å²) in [6.07, 6.45) is 0. The van der Waals surface area contributed by atoms with Gasteiger partial charge in [-0.2, -0.15) is 8.42 Å². The third-order valence-corrected chi connectivity index (χ3v) is 3.39. The number of halogens is 2. The Hall–Kier alpha value is 0.0900. The molecule has 6 heteroatoms. The second kappa shape index (κ2) is 4.08. The lowest BCUT2D eigenvalue weighted by atomic mass is 10.4. The van der Waals surface area contributed by atoms with Gasteiger partial charge in [-0.05, 0) is 12.1 Å². The standard InChI is InChI=1S/C7H5Br2O3S/c1-12-13(10,11)7-3-5(8)2-6(9)4-7/h3-4H,1H3. The van der Waals surface area contributed by atoms with Gasteiger partial charge in [0.15, 0.2) is 0 Å². The summed E-state index contributed by atoms with van der Waals surface area (Å²) in [5.74, 6) is 0. The molecule has 0 atom stereocenters. The topological polar surface area (TPSA) is 43.4 Å². The fraction of sp³-hybridized carbons (Fsp3) is 0.143. The molecule has 3 nitrogen and oxygen atoms in total. The van der Waals surface area contributed by atoms with Crippen molar-refractivity contribution < 1.29 is 12.6 Å². The van der Waals surface area contributed by atoms with E-state index in [0.29, 0.717) is 8.95 Å². The summed E-state index contributed by atoms with van der Waals surface area (Å²) >= 11 is 6.26. The van der Waals surface area contributed by atoms with Gasteiger partial charge in [0, 0.05) is 15.0 Å². The fourth-order valence-corrected chi connectivity index (χ4v) is 2.92. The minimum Gasteiger partial charge on any atom is -0.270 e. The highest BCUT2D eigenvalue weighted by Gasteiger charge is 2.13. The lowest BCUT2D eigenvalue weighted by Gasteiger charge is -2.01. The van der Waals surface area contributed by atoms with Crippen LogP contribution in [0.2, 0.25) is 0 Å². The SMILES string of the molecule is COS(=O)(=O)c1cc(Br)[c]c(Br)c1. The van der Waals surface area contributed by atoms with Crippen LogP contribution in [0.3, 0.4) is 0 Å². The van der Waals surface area contributed by atoms with E-state index in [2.05, 4.69) is 42.1 Å². The van der Waals surface area contributed by atoms with E-state index in [9.17, 15) is 8.42 Å². The molecular weight excluding hydrogens is 324 g/mol. The van der Waals surface area contributed by atoms with Crippen molar-refractivity contribution in [1.82, 2.24) is 0 Å². The number of rotatable bonds is 2. The first kappa shape index (κ1) is 11.2. The Labute approximate surface area is 93.5 Å². The van der Waals surface area contributed by atoms with Crippen LogP contribution in [0, 0.1) is 6.07 Å². The van der Waals surface area contributed by atoms with Crippen molar-refractivity contribution in [3.8, 4) is 0 Å². The molecule has 1 radical (unpaired) electrons. The van der Waals surface area contributed by atoms with Gasteiger partial charge in [-0.1, -0.05) is 31.9 Å². The van der Waals surface area contributed by atoms with Crippen molar-refractivity contribution in [3.63, 3.8) is 0 Å². The second-order valence-corrected chi connectivity index (χ2v) is 5.55. The first-order valence-corrected chi connectivity index (χ1v) is 6.14. The van der Waals surface area contributed by atoms with Crippen molar-refractivity contribution in [1.29, 1.82) is 0 Å². The van der Waals surface area contributed by atoms with Gasteiger partial charge < -0.3 is 0 Å². The lowest BCUT2D eigenvalue weighted by Crippen LogP contribution is -2.02. The highest BCUT2D eigenvalue weighted by atomic mass is 79.9. The maximum Gasteiger partial charge on any atom is 0.296 e. The average molecular weight is 329 g/mol. The molecule has 0 amide bonds. The monoisotopic (exact) mass is 327 g/mol. The molecule has 1 aromatic rings. The maximum absolute atomic E-state index is 11.2. The number of hydrogen-bond acceptors (Lipinski definition) is 3. The van der Waals surface area contributed by atoms with E-state index >= 15 is 0 Å². The van der Waals surface area contributed by atoms with Gasteiger partial charge in [0.2, 0.25) is 0 Å². The highest BCUT2D eigenvalue weighted by Crippen LogP contribution is 2.23. The molecular formula is C7H5Br2O3S. The molecule has 1 rings (SSSR count). The molecule has 0 aliphatic rings. The van der Waals surface area contributed by atoms with Crippen molar-refractivity contribution >= 4 is 42.0 Å². The van der Waals surface area contributed by atoms with Crippen molar-refractivity contribution in [2.24, 2.45) is 0 Å². The molecule has 0 unspecified atom stereocenters. The fourth-order valence-electron chi connectivity index (χ4n) is 0.718. The van der Waals surface area contributed by atoms with E-state index in [4.69, 9.17) is 0 Å². The van der Waals surface area contributed by atoms with Crippen LogP contribution in [0.1, 0.15) is 0 Å². The zero-order valence-electron chi connectivity index (χ0n) is 6.54. The van der Waals surface area contributed by atoms with Crippen LogP contribution in [0.5, 0.6) is 0 Å². The third-order valence-electron chi connectivity index (χ3n) is 1.28. The van der Waals surface area contributed by atoms with Crippen molar-refractivity contribution in [2.75, 3.05) is 7.11 Å². The quantitative estimate of drug-likeness (QED) is 0.783. The summed E-state index contributed by atoms with van der Waals surface area (Å²) in [6, 6.07) is 5.66. The van der Waals surface area contributed by atoms with Gasteiger partial charge >= 0.3 is 0 Å². The zero-order valence-corrected chi connectivity index (χ0v) is 10.5. The van der Waals surface area contributed by atoms with Gasteiger partial charge in [-0.25, -0.2) is 0 Å². The summed E-state index contributed by atoms with van der Waals surface area (Å²) in [5, 5.41) is 0. The minimum absolute atomic E-state index is 0.0903. The van der Waals surface area contributed by atoms with Gasteiger partial charge in [-0.3, -0.25) is 4.18 Å². The second-order valence-electron chi connectivity index (χ2n) is 2.13. The maximum atomic E-state index is 11.2. The molecule has 0 N–H and O–H groups in total. The molecule has 0 aliphatic heterocycles. The minimum atomic E-state index is -3.62. The predicted molar refractivity (Wildman–Crippen MR) is 54.9 cm³/mol. The van der Waals surface area contributed by atoms with Gasteiger partial charge in [0.1, 0.15) is 0 Å². The third kappa shape index (κ3) is 2.77. The lowest BCUT2D eigenvalue weighted by molar-refractivity contribution is 0.397. The van der Waals surface area contributed by atoms with E-state index in [1.807, 2.05) is 0 Å². The Morgan fingerprint density at radius 2 is 1.77 bits per heavy atom. The molecule has 0 fully saturated rings. The number of hydrogen-bond donors (Lipinski definition) is 0. The molecule has 0 aliphatic carbocycles. The van der Waals surface area contributed by atoms with E-state index in [1.54, 1.807) is 0 Å². The molecule has 0 aromatic heterocycles. The smallest absolute Gasteiger partial charge is 0.270 e. The van der Waals surface area contributed by atoms with Crippen molar-refractivity contribution in [3.05, 3.63) is 27.1 Å². The Balaban J connectivity index is 3.32. The summed E-state index contributed by atoms with van der Waals surface area (Å²) < 4.78 is 27.9. The summed E-state index contributed by atoms with van der Waals surface area (Å²) in [6.45, 7) is 0. The molecule has 0 saturated heterocycles. The van der Waals surface area contributed by atoms with Crippen molar-refractivity contribution in [2.45, 2.75) is 4.90 Å². The predicted octanol–water partition coefficient (Wildman–Crippen LogP) is 2.35. The van der Waals surface area contributed by atoms with Gasteiger partial charge in [-0.15, -0.1) is 0 Å². The van der Waals surface area contributed by atoms with Gasteiger partial charge in [0.05, 0.1) is 12.0 Å². The van der Waals surface area contributed by atoms with E-state index < -0.39 is 10.1 Å². The van der Waals surface area contributed by atoms with E-state index in [1.165, 1.54) is 12.1 Å². The van der Waals surface area contributed by atoms with E-state index in [-0.39, 0.29) is 4.90 Å². The van der Waals surface area contributed by atoms with Crippen LogP contribution in [-0.4, -0.2) is 15.5 Å². The Bertz CT molecular complexity index is 393. The number of benzene rings is 1. The Kier molecular flexibility index (Phi) is 3.50. The zero-order chi connectivity index (χ0) is 10.1. The van der Waals surface area contributed by atoms with Crippen LogP contribution in [-0.2, 0) is 14.3 Å². The highest BCUT2D eigenvalue weighted by molar-refractivity contribution is 9.11. The first-order chi connectivity index (χ1) is 5.95. The molecule has 0 spiro atoms. The summed E-state index contributed by atoms with van der Waals surface area (Å²) in [7, 11) is -2.50. The molecule has 0 saturated carbocycles. The van der Waals surface area contributed by atoms with E-state index in [0.717, 1.165) is 7.11 Å². The molecule has 0 heterocycles. The summed E-state index contributed by atoms with van der Waals surface area (Å²) in [5.41, 5.74) is 0. The normalized spacial score (nSPS) is 11.6. The van der Waals surface area contributed by atoms with Crippen LogP contribution in [0.25, 0.3) is 0 Å². The average Bonchev–Trinajstić information content (AvgIpc) is 2.02. The molecule has 0 bridgehead atoms. The van der Waals surface area contributed by atoms with Gasteiger partial charge in [0.25, 0.3) is 10.1 Å². The Morgan fingerprint density at radius 3 is 2.15 bits per heavy atom. The Morgan fingerprint density at radius 1 is 1.31 bits per heavy atom. The summed E-state index contributed by atoms with van der Waals surface area (Å²) in [4.78, 5) is 0.0903. The van der Waals surface area contributed by atoms with Crippen LogP contribution in [0.15, 0.2) is 26.0 Å². The van der Waals surface area contributed by atoms with Crippen LogP contribution < -0.4 is 0 Å². The van der Waals surface area contributed by atoms with Crippen LogP contribution >= 0.6 is 31.9 Å². The first-order valence-electron chi connectivity index (χ1n) is 3.15. The molecule has 13 heavy (non-hydrogen) atoms. The largest absolute Gasteiger partial charge is 0.296 e. The molecule has 1 aromatic carbocycles. The molecule has 71 valence electrons. The van der Waals surface area contributed by atoms with Crippen LogP contribution in [0.4, 0.5) is 0 Å².